The molecule has 10 nitrogen and oxygen atoms in total. The van der Waals surface area contributed by atoms with E-state index >= 15 is 0 Å². The summed E-state index contributed by atoms with van der Waals surface area (Å²) >= 11 is 3.58. The average Bonchev–Trinajstić information content (AvgIpc) is 2.79. The average molecular weight is 505 g/mol. The topological polar surface area (TPSA) is 168 Å². The van der Waals surface area contributed by atoms with Crippen molar-refractivity contribution < 1.29 is 40.9 Å². The van der Waals surface area contributed by atoms with Crippen molar-refractivity contribution in [1.82, 2.24) is 9.80 Å². The quantitative estimate of drug-likeness (QED) is 0.0677. The van der Waals surface area contributed by atoms with Crippen molar-refractivity contribution >= 4 is 23.5 Å². The largest absolute Gasteiger partial charge is 0.394 e. The second kappa shape index (κ2) is 21.8. The summed E-state index contributed by atoms with van der Waals surface area (Å²) in [6, 6.07) is 0. The van der Waals surface area contributed by atoms with Crippen molar-refractivity contribution in [3.63, 3.8) is 0 Å². The van der Waals surface area contributed by atoms with Gasteiger partial charge in [-0.15, -0.1) is 0 Å². The Morgan fingerprint density at radius 1 is 0.469 bits per heavy atom. The van der Waals surface area contributed by atoms with Crippen LogP contribution in [0, 0.1) is 0 Å². The highest BCUT2D eigenvalue weighted by molar-refractivity contribution is 7.99. The SMILES string of the molecule is OCC(O)CN(CCSCCCCSCCN(CC(O)CO)CC(O)CO)CC(O)CO. The normalized spacial score (nSPS) is 15.9. The first-order chi connectivity index (χ1) is 15.4. The van der Waals surface area contributed by atoms with E-state index in [0.29, 0.717) is 13.1 Å². The Hall–Kier alpha value is 0.300. The molecule has 0 aliphatic heterocycles. The Bertz CT molecular complexity index is 358. The molecule has 4 unspecified atom stereocenters. The lowest BCUT2D eigenvalue weighted by Crippen LogP contribution is -2.41. The molecular weight excluding hydrogens is 460 g/mol. The van der Waals surface area contributed by atoms with Gasteiger partial charge in [0.25, 0.3) is 0 Å². The van der Waals surface area contributed by atoms with E-state index in [-0.39, 0.29) is 52.6 Å². The zero-order valence-electron chi connectivity index (χ0n) is 18.9. The molecule has 32 heavy (non-hydrogen) atoms. The van der Waals surface area contributed by atoms with Crippen molar-refractivity contribution in [3.8, 4) is 0 Å². The van der Waals surface area contributed by atoms with E-state index in [0.717, 1.165) is 35.9 Å². The summed E-state index contributed by atoms with van der Waals surface area (Å²) in [5.41, 5.74) is 0. The van der Waals surface area contributed by atoms with Gasteiger partial charge in [-0.3, -0.25) is 9.80 Å². The summed E-state index contributed by atoms with van der Waals surface area (Å²) in [6.07, 6.45) is -1.33. The molecule has 0 radical (unpaired) electrons. The molecule has 0 aromatic carbocycles. The molecular formula is C20H44N2O8S2. The van der Waals surface area contributed by atoms with Crippen molar-refractivity contribution in [2.75, 3.05) is 88.7 Å². The zero-order chi connectivity index (χ0) is 24.2. The highest BCUT2D eigenvalue weighted by Crippen LogP contribution is 2.11. The van der Waals surface area contributed by atoms with Crippen molar-refractivity contribution in [2.24, 2.45) is 0 Å². The minimum Gasteiger partial charge on any atom is -0.394 e. The van der Waals surface area contributed by atoms with Crippen LogP contribution in [-0.4, -0.2) is 164 Å². The lowest BCUT2D eigenvalue weighted by atomic mass is 10.3. The molecule has 0 bridgehead atoms. The van der Waals surface area contributed by atoms with E-state index in [2.05, 4.69) is 0 Å². The Labute approximate surface area is 200 Å². The van der Waals surface area contributed by atoms with Gasteiger partial charge in [0.05, 0.1) is 50.8 Å². The number of aliphatic hydroxyl groups is 8. The van der Waals surface area contributed by atoms with Crippen LogP contribution in [0.5, 0.6) is 0 Å². The van der Waals surface area contributed by atoms with Crippen LogP contribution >= 0.6 is 23.5 Å². The van der Waals surface area contributed by atoms with Gasteiger partial charge in [0.15, 0.2) is 0 Å². The number of thioether (sulfide) groups is 2. The number of hydrogen-bond acceptors (Lipinski definition) is 12. The predicted octanol–water partition coefficient (Wildman–Crippen LogP) is -2.75. The molecule has 12 heteroatoms. The molecule has 0 aliphatic rings. The van der Waals surface area contributed by atoms with E-state index in [4.69, 9.17) is 20.4 Å². The Balaban J connectivity index is 3.89. The van der Waals surface area contributed by atoms with Crippen molar-refractivity contribution in [2.45, 2.75) is 37.3 Å². The third-order valence-corrected chi connectivity index (χ3v) is 6.75. The molecule has 0 saturated heterocycles. The Morgan fingerprint density at radius 2 is 0.750 bits per heavy atom. The molecule has 0 rings (SSSR count). The third kappa shape index (κ3) is 18.7. The second-order valence-electron chi connectivity index (χ2n) is 7.80. The predicted molar refractivity (Wildman–Crippen MR) is 129 cm³/mol. The summed E-state index contributed by atoms with van der Waals surface area (Å²) in [5.74, 6) is 3.66. The molecule has 8 N–H and O–H groups in total. The summed E-state index contributed by atoms with van der Waals surface area (Å²) in [7, 11) is 0. The molecule has 0 amide bonds. The van der Waals surface area contributed by atoms with Crippen molar-refractivity contribution in [1.29, 1.82) is 0 Å². The van der Waals surface area contributed by atoms with Crippen LogP contribution in [0.3, 0.4) is 0 Å². The number of nitrogens with zero attached hydrogens (tertiary/aromatic N) is 2. The van der Waals surface area contributed by atoms with Crippen LogP contribution in [0.2, 0.25) is 0 Å². The third-order valence-electron chi connectivity index (χ3n) is 4.65. The first kappa shape index (κ1) is 32.3. The van der Waals surface area contributed by atoms with Crippen LogP contribution in [-0.2, 0) is 0 Å². The second-order valence-corrected chi connectivity index (χ2v) is 10.2. The number of hydrogen-bond donors (Lipinski definition) is 8. The van der Waals surface area contributed by atoms with Gasteiger partial charge in [-0.25, -0.2) is 0 Å². The van der Waals surface area contributed by atoms with E-state index in [1.54, 1.807) is 23.5 Å². The van der Waals surface area contributed by atoms with Gasteiger partial charge in [-0.1, -0.05) is 0 Å². The maximum atomic E-state index is 9.61. The lowest BCUT2D eigenvalue weighted by molar-refractivity contribution is 0.0256. The fourth-order valence-electron chi connectivity index (χ4n) is 2.94. The van der Waals surface area contributed by atoms with Gasteiger partial charge in [-0.05, 0) is 24.3 Å². The van der Waals surface area contributed by atoms with E-state index in [1.165, 1.54) is 0 Å². The van der Waals surface area contributed by atoms with Crippen LogP contribution in [0.25, 0.3) is 0 Å². The van der Waals surface area contributed by atoms with E-state index < -0.39 is 24.4 Å². The fraction of sp³-hybridized carbons (Fsp3) is 1.00. The van der Waals surface area contributed by atoms with Gasteiger partial charge in [0.1, 0.15) is 0 Å². The van der Waals surface area contributed by atoms with Crippen LogP contribution in [0.1, 0.15) is 12.8 Å². The van der Waals surface area contributed by atoms with Gasteiger partial charge >= 0.3 is 0 Å². The Morgan fingerprint density at radius 3 is 1.00 bits per heavy atom. The van der Waals surface area contributed by atoms with Gasteiger partial charge in [0.2, 0.25) is 0 Å². The summed E-state index contributed by atoms with van der Waals surface area (Å²) in [6.45, 7) is 0.997. The fourth-order valence-corrected chi connectivity index (χ4v) is 4.94. The highest BCUT2D eigenvalue weighted by atomic mass is 32.2. The minimum absolute atomic E-state index is 0.256. The summed E-state index contributed by atoms with van der Waals surface area (Å²) in [5, 5.41) is 74.4. The highest BCUT2D eigenvalue weighted by Gasteiger charge is 2.16. The number of rotatable bonds is 23. The molecule has 0 fully saturated rings. The smallest absolute Gasteiger partial charge is 0.0897 e. The van der Waals surface area contributed by atoms with Gasteiger partial charge < -0.3 is 40.9 Å². The first-order valence-corrected chi connectivity index (χ1v) is 13.4. The van der Waals surface area contributed by atoms with Gasteiger partial charge in [0, 0.05) is 50.8 Å². The summed E-state index contributed by atoms with van der Waals surface area (Å²) in [4.78, 5) is 3.69. The molecule has 0 aromatic heterocycles. The van der Waals surface area contributed by atoms with Crippen LogP contribution in [0.4, 0.5) is 0 Å². The molecule has 194 valence electrons. The van der Waals surface area contributed by atoms with E-state index in [1.807, 2.05) is 9.80 Å². The van der Waals surface area contributed by atoms with Crippen molar-refractivity contribution in [3.05, 3.63) is 0 Å². The van der Waals surface area contributed by atoms with E-state index in [9.17, 15) is 20.4 Å². The molecule has 0 aromatic rings. The first-order valence-electron chi connectivity index (χ1n) is 11.1. The monoisotopic (exact) mass is 504 g/mol. The van der Waals surface area contributed by atoms with Crippen LogP contribution < -0.4 is 0 Å². The molecule has 4 atom stereocenters. The van der Waals surface area contributed by atoms with Crippen LogP contribution in [0.15, 0.2) is 0 Å². The standard InChI is InChI=1S/C20H44N2O8S2/c23-13-17(27)9-21(10-18(28)14-24)3-7-31-5-1-2-6-32-8-4-22(11-19(29)15-25)12-20(30)16-26/h17-20,23-30H,1-16H2. The Kier molecular flexibility index (Phi) is 22.0. The molecule has 0 saturated carbocycles. The molecule has 0 aliphatic carbocycles. The zero-order valence-corrected chi connectivity index (χ0v) is 20.5. The maximum absolute atomic E-state index is 9.61. The lowest BCUT2D eigenvalue weighted by Gasteiger charge is -2.26. The van der Waals surface area contributed by atoms with Gasteiger partial charge in [-0.2, -0.15) is 23.5 Å². The summed E-state index contributed by atoms with van der Waals surface area (Å²) < 4.78 is 0. The molecule has 0 heterocycles. The minimum atomic E-state index is -0.863. The number of unbranched alkanes of at least 4 members (excludes halogenated alkanes) is 1. The maximum Gasteiger partial charge on any atom is 0.0897 e. The number of aliphatic hydroxyl groups excluding tert-OH is 8. The molecule has 0 spiro atoms.